The lowest BCUT2D eigenvalue weighted by Crippen LogP contribution is -2.33. The van der Waals surface area contributed by atoms with E-state index in [0.29, 0.717) is 12.3 Å². The molecule has 0 unspecified atom stereocenters. The highest BCUT2D eigenvalue weighted by atomic mass is 19.1. The largest absolute Gasteiger partial charge is 0.376 e. The van der Waals surface area contributed by atoms with Crippen molar-refractivity contribution in [3.05, 3.63) is 35.6 Å². The maximum Gasteiger partial charge on any atom is 0.271 e. The number of amides is 2. The predicted molar refractivity (Wildman–Crippen MR) is 83.6 cm³/mol. The average molecular weight is 321 g/mol. The van der Waals surface area contributed by atoms with E-state index in [1.54, 1.807) is 6.92 Å². The molecule has 1 aromatic rings. The van der Waals surface area contributed by atoms with Gasteiger partial charge in [0.2, 0.25) is 5.91 Å². The van der Waals surface area contributed by atoms with Gasteiger partial charge < -0.3 is 10.1 Å². The lowest BCUT2D eigenvalue weighted by Gasteiger charge is -2.10. The van der Waals surface area contributed by atoms with Crippen molar-refractivity contribution in [1.82, 2.24) is 10.7 Å². The number of carbonyl (C=O) groups is 2. The monoisotopic (exact) mass is 321 g/mol. The van der Waals surface area contributed by atoms with E-state index in [9.17, 15) is 14.0 Å². The topological polar surface area (TPSA) is 79.8 Å². The van der Waals surface area contributed by atoms with Gasteiger partial charge in [0.25, 0.3) is 5.91 Å². The first kappa shape index (κ1) is 17.1. The van der Waals surface area contributed by atoms with Crippen LogP contribution >= 0.6 is 0 Å². The summed E-state index contributed by atoms with van der Waals surface area (Å²) in [5.41, 5.74) is 2.93. The molecule has 2 amide bonds. The van der Waals surface area contributed by atoms with Crippen molar-refractivity contribution in [3.8, 4) is 0 Å². The number of halogens is 1. The number of benzene rings is 1. The van der Waals surface area contributed by atoms with Crippen LogP contribution in [-0.4, -0.2) is 36.8 Å². The standard InChI is InChI=1S/C16H20FN3O3/c1-11(8-15(21)18-10-14-6-3-7-23-14)19-20-16(22)12-4-2-5-13(17)9-12/h2,4-5,9,14H,3,6-8,10H2,1H3,(H,18,21)(H,20,22)/t14-/m1/s1. The predicted octanol–water partition coefficient (Wildman–Crippen LogP) is 1.62. The zero-order chi connectivity index (χ0) is 16.7. The first-order chi connectivity index (χ1) is 11.0. The van der Waals surface area contributed by atoms with Crippen molar-refractivity contribution in [2.45, 2.75) is 32.3 Å². The molecule has 0 saturated carbocycles. The normalized spacial score (nSPS) is 17.8. The van der Waals surface area contributed by atoms with Gasteiger partial charge in [0, 0.05) is 24.4 Å². The van der Waals surface area contributed by atoms with Crippen molar-refractivity contribution in [2.75, 3.05) is 13.2 Å². The maximum atomic E-state index is 13.0. The van der Waals surface area contributed by atoms with Crippen molar-refractivity contribution < 1.29 is 18.7 Å². The Bertz CT molecular complexity index is 598. The molecule has 0 spiro atoms. The van der Waals surface area contributed by atoms with Crippen LogP contribution in [0.4, 0.5) is 4.39 Å². The number of nitrogens with one attached hydrogen (secondary N) is 2. The second-order valence-corrected chi connectivity index (χ2v) is 5.41. The van der Waals surface area contributed by atoms with Gasteiger partial charge in [0.05, 0.1) is 12.5 Å². The third-order valence-electron chi connectivity index (χ3n) is 3.40. The second kappa shape index (κ2) is 8.38. The number of hydrogen-bond donors (Lipinski definition) is 2. The maximum absolute atomic E-state index is 13.0. The van der Waals surface area contributed by atoms with E-state index >= 15 is 0 Å². The van der Waals surface area contributed by atoms with Crippen LogP contribution in [0.2, 0.25) is 0 Å². The Morgan fingerprint density at radius 2 is 2.26 bits per heavy atom. The Labute approximate surface area is 134 Å². The molecule has 7 heteroatoms. The molecule has 1 aromatic carbocycles. The molecule has 6 nitrogen and oxygen atoms in total. The summed E-state index contributed by atoms with van der Waals surface area (Å²) in [5, 5.41) is 6.63. The Morgan fingerprint density at radius 3 is 2.96 bits per heavy atom. The molecule has 2 N–H and O–H groups in total. The van der Waals surface area contributed by atoms with Gasteiger partial charge in [-0.25, -0.2) is 9.82 Å². The summed E-state index contributed by atoms with van der Waals surface area (Å²) in [6.45, 7) is 2.87. The molecule has 0 aromatic heterocycles. The Morgan fingerprint density at radius 1 is 1.43 bits per heavy atom. The zero-order valence-corrected chi connectivity index (χ0v) is 13.0. The molecule has 0 aliphatic carbocycles. The van der Waals surface area contributed by atoms with Crippen LogP contribution < -0.4 is 10.7 Å². The van der Waals surface area contributed by atoms with Crippen molar-refractivity contribution in [2.24, 2.45) is 5.10 Å². The minimum Gasteiger partial charge on any atom is -0.376 e. The highest BCUT2D eigenvalue weighted by Gasteiger charge is 2.16. The first-order valence-corrected chi connectivity index (χ1v) is 7.52. The third-order valence-corrected chi connectivity index (χ3v) is 3.40. The fourth-order valence-corrected chi connectivity index (χ4v) is 2.21. The molecule has 0 radical (unpaired) electrons. The molecule has 124 valence electrons. The van der Waals surface area contributed by atoms with E-state index < -0.39 is 11.7 Å². The molecule has 1 heterocycles. The number of hydrazone groups is 1. The number of nitrogens with zero attached hydrogens (tertiary/aromatic N) is 1. The van der Waals surface area contributed by atoms with Gasteiger partial charge in [0.15, 0.2) is 0 Å². The van der Waals surface area contributed by atoms with Crippen LogP contribution in [-0.2, 0) is 9.53 Å². The van der Waals surface area contributed by atoms with E-state index in [0.717, 1.165) is 25.5 Å². The zero-order valence-electron chi connectivity index (χ0n) is 13.0. The van der Waals surface area contributed by atoms with Crippen molar-refractivity contribution in [3.63, 3.8) is 0 Å². The highest BCUT2D eigenvalue weighted by Crippen LogP contribution is 2.10. The quantitative estimate of drug-likeness (QED) is 0.617. The van der Waals surface area contributed by atoms with Crippen LogP contribution in [0.1, 0.15) is 36.5 Å². The Balaban J connectivity index is 1.75. The fourth-order valence-electron chi connectivity index (χ4n) is 2.21. The van der Waals surface area contributed by atoms with Crippen LogP contribution in [0, 0.1) is 5.82 Å². The smallest absolute Gasteiger partial charge is 0.271 e. The van der Waals surface area contributed by atoms with Crippen molar-refractivity contribution >= 4 is 17.5 Å². The van der Waals surface area contributed by atoms with Gasteiger partial charge in [-0.15, -0.1) is 0 Å². The molecule has 1 aliphatic heterocycles. The van der Waals surface area contributed by atoms with E-state index in [-0.39, 0.29) is 24.0 Å². The summed E-state index contributed by atoms with van der Waals surface area (Å²) in [6, 6.07) is 5.30. The summed E-state index contributed by atoms with van der Waals surface area (Å²) in [6.07, 6.45) is 2.14. The summed E-state index contributed by atoms with van der Waals surface area (Å²) < 4.78 is 18.4. The van der Waals surface area contributed by atoms with Crippen LogP contribution in [0.5, 0.6) is 0 Å². The fraction of sp³-hybridized carbons (Fsp3) is 0.438. The SMILES string of the molecule is CC(CC(=O)NC[C@H]1CCCO1)=NNC(=O)c1cccc(F)c1. The lowest BCUT2D eigenvalue weighted by molar-refractivity contribution is -0.120. The van der Waals surface area contributed by atoms with E-state index in [4.69, 9.17) is 4.74 Å². The third kappa shape index (κ3) is 5.78. The minimum absolute atomic E-state index is 0.0795. The second-order valence-electron chi connectivity index (χ2n) is 5.41. The Kier molecular flexibility index (Phi) is 6.22. The van der Waals surface area contributed by atoms with Gasteiger partial charge in [-0.3, -0.25) is 9.59 Å². The van der Waals surface area contributed by atoms with E-state index in [1.165, 1.54) is 18.2 Å². The molecule has 1 aliphatic rings. The lowest BCUT2D eigenvalue weighted by atomic mass is 10.2. The minimum atomic E-state index is -0.524. The first-order valence-electron chi connectivity index (χ1n) is 7.52. The average Bonchev–Trinajstić information content (AvgIpc) is 3.04. The summed E-state index contributed by atoms with van der Waals surface area (Å²) >= 11 is 0. The van der Waals surface area contributed by atoms with Gasteiger partial charge >= 0.3 is 0 Å². The number of carbonyl (C=O) groups excluding carboxylic acids is 2. The number of rotatable bonds is 6. The molecular formula is C16H20FN3O3. The number of ether oxygens (including phenoxy) is 1. The Hall–Kier alpha value is -2.28. The molecule has 2 rings (SSSR count). The van der Waals surface area contributed by atoms with Crippen molar-refractivity contribution in [1.29, 1.82) is 0 Å². The van der Waals surface area contributed by atoms with E-state index in [2.05, 4.69) is 15.8 Å². The van der Waals surface area contributed by atoms with Gasteiger partial charge in [0.1, 0.15) is 5.82 Å². The molecule has 1 atom stereocenters. The summed E-state index contributed by atoms with van der Waals surface area (Å²) in [7, 11) is 0. The van der Waals surface area contributed by atoms with Crippen LogP contribution in [0.3, 0.4) is 0 Å². The van der Waals surface area contributed by atoms with E-state index in [1.807, 2.05) is 0 Å². The highest BCUT2D eigenvalue weighted by molar-refractivity contribution is 6.01. The van der Waals surface area contributed by atoms with Crippen LogP contribution in [0.15, 0.2) is 29.4 Å². The molecule has 1 saturated heterocycles. The van der Waals surface area contributed by atoms with Gasteiger partial charge in [-0.05, 0) is 38.0 Å². The molecule has 1 fully saturated rings. The molecule has 0 bridgehead atoms. The molecule has 23 heavy (non-hydrogen) atoms. The van der Waals surface area contributed by atoms with Gasteiger partial charge in [-0.2, -0.15) is 5.10 Å². The summed E-state index contributed by atoms with van der Waals surface area (Å²) in [4.78, 5) is 23.5. The number of hydrogen-bond acceptors (Lipinski definition) is 4. The molecular weight excluding hydrogens is 301 g/mol. The summed E-state index contributed by atoms with van der Waals surface area (Å²) in [5.74, 6) is -1.20. The van der Waals surface area contributed by atoms with Gasteiger partial charge in [-0.1, -0.05) is 6.07 Å². The van der Waals surface area contributed by atoms with Crippen LogP contribution in [0.25, 0.3) is 0 Å².